The van der Waals surface area contributed by atoms with E-state index in [2.05, 4.69) is 51.3 Å². The zero-order valence-corrected chi connectivity index (χ0v) is 11.5. The normalized spacial score (nSPS) is 12.9. The van der Waals surface area contributed by atoms with Crippen LogP contribution in [0.3, 0.4) is 0 Å². The number of thiophene rings is 1. The molecule has 0 aromatic carbocycles. The van der Waals surface area contributed by atoms with Crippen molar-refractivity contribution in [2.75, 3.05) is 0 Å². The minimum absolute atomic E-state index is 0.985. The Labute approximate surface area is 108 Å². The highest BCUT2D eigenvalue weighted by Crippen LogP contribution is 2.09. The van der Waals surface area contributed by atoms with Crippen molar-refractivity contribution in [1.82, 2.24) is 0 Å². The van der Waals surface area contributed by atoms with E-state index < -0.39 is 0 Å². The van der Waals surface area contributed by atoms with Crippen molar-refractivity contribution in [2.24, 2.45) is 0 Å². The Morgan fingerprint density at radius 1 is 1.29 bits per heavy atom. The van der Waals surface area contributed by atoms with Gasteiger partial charge in [0, 0.05) is 9.41 Å². The lowest BCUT2D eigenvalue weighted by Crippen LogP contribution is -2.18. The molecule has 1 heteroatoms. The van der Waals surface area contributed by atoms with E-state index in [9.17, 15) is 0 Å². The molecule has 0 aliphatic heterocycles. The van der Waals surface area contributed by atoms with E-state index in [-0.39, 0.29) is 0 Å². The van der Waals surface area contributed by atoms with Crippen molar-refractivity contribution in [2.45, 2.75) is 26.7 Å². The number of hydrogen-bond donors (Lipinski definition) is 0. The van der Waals surface area contributed by atoms with Crippen LogP contribution < -0.4 is 9.75 Å². The number of rotatable bonds is 5. The summed E-state index contributed by atoms with van der Waals surface area (Å²) in [5.74, 6) is 0. The van der Waals surface area contributed by atoms with E-state index in [0.717, 1.165) is 17.4 Å². The van der Waals surface area contributed by atoms with Gasteiger partial charge in [-0.2, -0.15) is 0 Å². The van der Waals surface area contributed by atoms with Crippen molar-refractivity contribution in [3.63, 3.8) is 0 Å². The molecule has 1 rings (SSSR count). The highest BCUT2D eigenvalue weighted by Gasteiger charge is 1.99. The predicted molar refractivity (Wildman–Crippen MR) is 81.6 cm³/mol. The summed E-state index contributed by atoms with van der Waals surface area (Å²) >= 11 is 1.74. The third-order valence-corrected chi connectivity index (χ3v) is 3.68. The third kappa shape index (κ3) is 3.86. The standard InChI is InChI=1S/C16H20S/c1-5-7-9-10-11-15-13(3)16(12-8-6-2)17-14(15)4/h6-9,11-12H,2,4-5,10H2,1,3H3/b9-7-,12-8-,15-11+. The van der Waals surface area contributed by atoms with Gasteiger partial charge >= 0.3 is 0 Å². The molecule has 0 fully saturated rings. The second-order valence-corrected chi connectivity index (χ2v) is 4.98. The maximum Gasteiger partial charge on any atom is 0.0311 e. The summed E-state index contributed by atoms with van der Waals surface area (Å²) in [6, 6.07) is 0. The molecular weight excluding hydrogens is 224 g/mol. The zero-order valence-electron chi connectivity index (χ0n) is 10.7. The maximum absolute atomic E-state index is 4.11. The first-order chi connectivity index (χ1) is 8.20. The minimum Gasteiger partial charge on any atom is -0.136 e. The van der Waals surface area contributed by atoms with Crippen molar-refractivity contribution in [3.05, 3.63) is 51.1 Å². The Morgan fingerprint density at radius 2 is 2.06 bits per heavy atom. The van der Waals surface area contributed by atoms with Gasteiger partial charge in [0.05, 0.1) is 0 Å². The monoisotopic (exact) mass is 244 g/mol. The molecule has 0 saturated heterocycles. The van der Waals surface area contributed by atoms with Gasteiger partial charge in [-0.05, 0) is 36.6 Å². The molecule has 0 atom stereocenters. The van der Waals surface area contributed by atoms with Crippen molar-refractivity contribution in [3.8, 4) is 0 Å². The molecule has 90 valence electrons. The molecule has 0 spiro atoms. The Kier molecular flexibility index (Phi) is 5.71. The summed E-state index contributed by atoms with van der Waals surface area (Å²) in [5.41, 5.74) is 1.32. The zero-order chi connectivity index (χ0) is 12.7. The summed E-state index contributed by atoms with van der Waals surface area (Å²) in [7, 11) is 0. The van der Waals surface area contributed by atoms with Gasteiger partial charge < -0.3 is 0 Å². The van der Waals surface area contributed by atoms with Crippen LogP contribution in [-0.4, -0.2) is 0 Å². The van der Waals surface area contributed by atoms with Gasteiger partial charge in [-0.1, -0.05) is 50.5 Å². The predicted octanol–water partition coefficient (Wildman–Crippen LogP) is 3.80. The first kappa shape index (κ1) is 13.7. The van der Waals surface area contributed by atoms with Crippen LogP contribution in [0.15, 0.2) is 30.9 Å². The molecule has 17 heavy (non-hydrogen) atoms. The summed E-state index contributed by atoms with van der Waals surface area (Å²) in [6.45, 7) is 12.1. The fourth-order valence-corrected chi connectivity index (χ4v) is 2.66. The highest BCUT2D eigenvalue weighted by molar-refractivity contribution is 7.10. The fraction of sp³-hybridized carbons (Fsp3) is 0.250. The molecule has 0 radical (unpaired) electrons. The smallest absolute Gasteiger partial charge is 0.0311 e. The summed E-state index contributed by atoms with van der Waals surface area (Å²) in [5, 5.41) is 1.29. The first-order valence-corrected chi connectivity index (χ1v) is 6.75. The fourth-order valence-electron chi connectivity index (χ4n) is 1.64. The van der Waals surface area contributed by atoms with E-state index in [1.54, 1.807) is 17.4 Å². The first-order valence-electron chi connectivity index (χ1n) is 5.93. The van der Waals surface area contributed by atoms with Crippen LogP contribution in [0.25, 0.3) is 18.7 Å². The lowest BCUT2D eigenvalue weighted by molar-refractivity contribution is 1.21. The highest BCUT2D eigenvalue weighted by atomic mass is 32.1. The van der Waals surface area contributed by atoms with Crippen LogP contribution in [0.1, 0.15) is 30.2 Å². The van der Waals surface area contributed by atoms with Gasteiger partial charge in [0.25, 0.3) is 0 Å². The van der Waals surface area contributed by atoms with E-state index >= 15 is 0 Å². The minimum atomic E-state index is 0.985. The van der Waals surface area contributed by atoms with E-state index in [1.165, 1.54) is 15.7 Å². The molecule has 0 aliphatic carbocycles. The average molecular weight is 244 g/mol. The SMILES string of the molecule is C=C/C=C\c1sc(=C)/c(=C/C/C=C\CC)c1C. The lowest BCUT2D eigenvalue weighted by atomic mass is 10.2. The van der Waals surface area contributed by atoms with E-state index in [0.29, 0.717) is 0 Å². The lowest BCUT2D eigenvalue weighted by Gasteiger charge is -1.89. The summed E-state index contributed by atoms with van der Waals surface area (Å²) in [4.78, 5) is 1.28. The molecule has 1 aromatic heterocycles. The van der Waals surface area contributed by atoms with Crippen LogP contribution in [-0.2, 0) is 0 Å². The Balaban J connectivity index is 3.05. The third-order valence-electron chi connectivity index (χ3n) is 2.55. The molecule has 0 bridgehead atoms. The van der Waals surface area contributed by atoms with Crippen molar-refractivity contribution in [1.29, 1.82) is 0 Å². The molecule has 0 amide bonds. The van der Waals surface area contributed by atoms with Crippen LogP contribution in [0.2, 0.25) is 0 Å². The van der Waals surface area contributed by atoms with E-state index in [1.807, 2.05) is 6.08 Å². The molecule has 1 aromatic rings. The van der Waals surface area contributed by atoms with Gasteiger partial charge in [-0.15, -0.1) is 11.3 Å². The second kappa shape index (κ2) is 7.08. The number of allylic oxidation sites excluding steroid dienone is 4. The Bertz CT molecular complexity index is 527. The molecule has 0 saturated carbocycles. The largest absolute Gasteiger partial charge is 0.136 e. The van der Waals surface area contributed by atoms with Gasteiger partial charge in [0.15, 0.2) is 0 Å². The second-order valence-electron chi connectivity index (χ2n) is 3.84. The summed E-state index contributed by atoms with van der Waals surface area (Å²) < 4.78 is 1.15. The molecular formula is C16H20S. The number of hydrogen-bond acceptors (Lipinski definition) is 1. The van der Waals surface area contributed by atoms with Crippen LogP contribution in [0, 0.1) is 6.92 Å². The molecule has 1 heterocycles. The van der Waals surface area contributed by atoms with Gasteiger partial charge in [0.2, 0.25) is 0 Å². The van der Waals surface area contributed by atoms with Crippen LogP contribution in [0.5, 0.6) is 0 Å². The molecule has 0 N–H and O–H groups in total. The summed E-state index contributed by atoms with van der Waals surface area (Å²) in [6.07, 6.45) is 14.6. The van der Waals surface area contributed by atoms with Gasteiger partial charge in [0.1, 0.15) is 0 Å². The van der Waals surface area contributed by atoms with Gasteiger partial charge in [-0.3, -0.25) is 0 Å². The van der Waals surface area contributed by atoms with E-state index in [4.69, 9.17) is 0 Å². The van der Waals surface area contributed by atoms with Crippen LogP contribution >= 0.6 is 11.3 Å². The molecule has 0 unspecified atom stereocenters. The van der Waals surface area contributed by atoms with Gasteiger partial charge in [-0.25, -0.2) is 0 Å². The maximum atomic E-state index is 4.11. The van der Waals surface area contributed by atoms with Crippen molar-refractivity contribution < 1.29 is 0 Å². The average Bonchev–Trinajstić information content (AvgIpc) is 2.58. The Morgan fingerprint density at radius 3 is 2.71 bits per heavy atom. The quantitative estimate of drug-likeness (QED) is 0.546. The molecule has 0 nitrogen and oxygen atoms in total. The topological polar surface area (TPSA) is 0 Å². The Hall–Kier alpha value is -1.34. The van der Waals surface area contributed by atoms with Crippen molar-refractivity contribution >= 4 is 30.1 Å². The molecule has 0 aliphatic rings. The van der Waals surface area contributed by atoms with Crippen LogP contribution in [0.4, 0.5) is 0 Å².